The summed E-state index contributed by atoms with van der Waals surface area (Å²) in [4.78, 5) is -0.146. The van der Waals surface area contributed by atoms with Gasteiger partial charge in [0.05, 0.1) is 20.0 Å². The summed E-state index contributed by atoms with van der Waals surface area (Å²) < 4.78 is 23.3. The Kier molecular flexibility index (Phi) is 4.80. The van der Waals surface area contributed by atoms with Crippen molar-refractivity contribution >= 4 is 66.1 Å². The van der Waals surface area contributed by atoms with Gasteiger partial charge < -0.3 is 0 Å². The van der Waals surface area contributed by atoms with Gasteiger partial charge in [-0.2, -0.15) is 0 Å². The number of hydrogen-bond donors (Lipinski definition) is 0. The van der Waals surface area contributed by atoms with E-state index >= 15 is 0 Å². The normalized spacial score (nSPS) is 11.7. The van der Waals surface area contributed by atoms with Crippen LogP contribution in [0.25, 0.3) is 11.1 Å². The molecule has 106 valence electrons. The van der Waals surface area contributed by atoms with Gasteiger partial charge in [-0.3, -0.25) is 0 Å². The smallest absolute Gasteiger partial charge is 0.207 e. The van der Waals surface area contributed by atoms with Crippen LogP contribution in [-0.4, -0.2) is 8.42 Å². The Morgan fingerprint density at radius 3 is 2.00 bits per heavy atom. The summed E-state index contributed by atoms with van der Waals surface area (Å²) in [5, 5.41) is 0.788. The maximum Gasteiger partial charge on any atom is 0.261 e. The number of hydrogen-bond acceptors (Lipinski definition) is 2. The van der Waals surface area contributed by atoms with Crippen LogP contribution in [0.15, 0.2) is 35.2 Å². The van der Waals surface area contributed by atoms with Crippen molar-refractivity contribution in [2.24, 2.45) is 0 Å². The van der Waals surface area contributed by atoms with Crippen molar-refractivity contribution in [1.82, 2.24) is 0 Å². The minimum absolute atomic E-state index is 0.138. The predicted molar refractivity (Wildman–Crippen MR) is 85.0 cm³/mol. The van der Waals surface area contributed by atoms with Crippen molar-refractivity contribution in [3.63, 3.8) is 0 Å². The molecule has 0 saturated carbocycles. The van der Waals surface area contributed by atoms with Gasteiger partial charge in [0.1, 0.15) is 0 Å². The molecular weight excluding hydrogens is 385 g/mol. The van der Waals surface area contributed by atoms with Crippen LogP contribution in [0.1, 0.15) is 0 Å². The summed E-state index contributed by atoms with van der Waals surface area (Å²) in [6.07, 6.45) is 0. The van der Waals surface area contributed by atoms with E-state index in [9.17, 15) is 8.42 Å². The molecule has 2 nitrogen and oxygen atoms in total. The van der Waals surface area contributed by atoms with Crippen molar-refractivity contribution < 1.29 is 8.42 Å². The van der Waals surface area contributed by atoms with Gasteiger partial charge in [-0.1, -0.05) is 58.5 Å². The average molecular weight is 391 g/mol. The van der Waals surface area contributed by atoms with Crippen molar-refractivity contribution in [3.05, 3.63) is 50.4 Å². The zero-order valence-electron chi connectivity index (χ0n) is 9.50. The molecule has 0 N–H and O–H groups in total. The molecule has 2 aromatic rings. The number of rotatable bonds is 2. The first-order valence-electron chi connectivity index (χ1n) is 5.10. The Labute approximate surface area is 140 Å². The summed E-state index contributed by atoms with van der Waals surface area (Å²) in [6, 6.07) is 7.36. The molecule has 0 aliphatic heterocycles. The van der Waals surface area contributed by atoms with Gasteiger partial charge in [0.2, 0.25) is 0 Å². The minimum Gasteiger partial charge on any atom is -0.207 e. The highest BCUT2D eigenvalue weighted by molar-refractivity contribution is 8.13. The van der Waals surface area contributed by atoms with Crippen LogP contribution >= 0.6 is 57.1 Å². The molecule has 0 atom stereocenters. The second-order valence-corrected chi connectivity index (χ2v) is 7.94. The van der Waals surface area contributed by atoms with E-state index in [2.05, 4.69) is 0 Å². The lowest BCUT2D eigenvalue weighted by molar-refractivity contribution is 0.610. The zero-order chi connectivity index (χ0) is 15.1. The van der Waals surface area contributed by atoms with Crippen LogP contribution < -0.4 is 0 Å². The van der Waals surface area contributed by atoms with E-state index < -0.39 is 9.05 Å². The lowest BCUT2D eigenvalue weighted by atomic mass is 10.1. The second kappa shape index (κ2) is 5.91. The maximum atomic E-state index is 11.6. The molecular formula is C12H5Cl5O2S. The molecule has 0 amide bonds. The topological polar surface area (TPSA) is 34.1 Å². The maximum absolute atomic E-state index is 11.6. The van der Waals surface area contributed by atoms with Gasteiger partial charge in [-0.25, -0.2) is 8.42 Å². The first kappa shape index (κ1) is 16.2. The summed E-state index contributed by atoms with van der Waals surface area (Å²) in [5.41, 5.74) is 0.699. The van der Waals surface area contributed by atoms with Crippen LogP contribution in [0.4, 0.5) is 0 Å². The Hall–Kier alpha value is -0.160. The highest BCUT2D eigenvalue weighted by Gasteiger charge is 2.20. The van der Waals surface area contributed by atoms with Crippen LogP contribution in [0.2, 0.25) is 20.1 Å². The Morgan fingerprint density at radius 1 is 0.800 bits per heavy atom. The second-order valence-electron chi connectivity index (χ2n) is 3.80. The lowest BCUT2D eigenvalue weighted by Gasteiger charge is -2.11. The van der Waals surface area contributed by atoms with Gasteiger partial charge >= 0.3 is 0 Å². The molecule has 0 aliphatic carbocycles. The Bertz CT molecular complexity index is 787. The third kappa shape index (κ3) is 3.19. The SMILES string of the molecule is O=S(=O)(Cl)c1cc(Cl)ccc1-c1ccc(Cl)c(Cl)c1Cl. The lowest BCUT2D eigenvalue weighted by Crippen LogP contribution is -1.95. The molecule has 0 aliphatic rings. The predicted octanol–water partition coefficient (Wildman–Crippen LogP) is 5.89. The quantitative estimate of drug-likeness (QED) is 0.473. The fraction of sp³-hybridized carbons (Fsp3) is 0. The van der Waals surface area contributed by atoms with E-state index in [0.717, 1.165) is 0 Å². The molecule has 0 spiro atoms. The molecule has 0 heterocycles. The summed E-state index contributed by atoms with van der Waals surface area (Å²) in [5.74, 6) is 0. The van der Waals surface area contributed by atoms with E-state index in [-0.39, 0.29) is 25.0 Å². The number of benzene rings is 2. The van der Waals surface area contributed by atoms with Crippen molar-refractivity contribution in [2.75, 3.05) is 0 Å². The number of halogens is 5. The third-order valence-corrected chi connectivity index (χ3v) is 5.42. The molecule has 0 aromatic heterocycles. The summed E-state index contributed by atoms with van der Waals surface area (Å²) in [6.45, 7) is 0. The molecule has 2 aromatic carbocycles. The fourth-order valence-electron chi connectivity index (χ4n) is 1.65. The first-order valence-corrected chi connectivity index (χ1v) is 8.92. The van der Waals surface area contributed by atoms with Crippen LogP contribution in [0.5, 0.6) is 0 Å². The molecule has 0 unspecified atom stereocenters. The van der Waals surface area contributed by atoms with Gasteiger partial charge in [0.15, 0.2) is 0 Å². The molecule has 0 saturated heterocycles. The van der Waals surface area contributed by atoms with E-state index in [4.69, 9.17) is 57.1 Å². The average Bonchev–Trinajstić information content (AvgIpc) is 2.36. The zero-order valence-corrected chi connectivity index (χ0v) is 14.1. The highest BCUT2D eigenvalue weighted by atomic mass is 35.7. The van der Waals surface area contributed by atoms with Gasteiger partial charge in [0, 0.05) is 26.8 Å². The molecule has 0 bridgehead atoms. The van der Waals surface area contributed by atoms with E-state index in [1.165, 1.54) is 24.3 Å². The van der Waals surface area contributed by atoms with E-state index in [0.29, 0.717) is 11.1 Å². The van der Waals surface area contributed by atoms with Gasteiger partial charge in [-0.05, 0) is 18.2 Å². The van der Waals surface area contributed by atoms with Crippen LogP contribution in [-0.2, 0) is 9.05 Å². The molecule has 2 rings (SSSR count). The molecule has 0 fully saturated rings. The first-order chi connectivity index (χ1) is 9.21. The minimum atomic E-state index is -3.99. The van der Waals surface area contributed by atoms with Crippen molar-refractivity contribution in [2.45, 2.75) is 4.90 Å². The van der Waals surface area contributed by atoms with Gasteiger partial charge in [0.25, 0.3) is 9.05 Å². The largest absolute Gasteiger partial charge is 0.261 e. The summed E-state index contributed by atoms with van der Waals surface area (Å²) >= 11 is 23.7. The summed E-state index contributed by atoms with van der Waals surface area (Å²) in [7, 11) is 1.43. The Morgan fingerprint density at radius 2 is 1.40 bits per heavy atom. The van der Waals surface area contributed by atoms with Crippen LogP contribution in [0.3, 0.4) is 0 Å². The van der Waals surface area contributed by atoms with Crippen molar-refractivity contribution in [3.8, 4) is 11.1 Å². The third-order valence-electron chi connectivity index (χ3n) is 2.53. The highest BCUT2D eigenvalue weighted by Crippen LogP contribution is 2.41. The molecule has 0 radical (unpaired) electrons. The monoisotopic (exact) mass is 388 g/mol. The fourth-order valence-corrected chi connectivity index (χ4v) is 3.62. The van der Waals surface area contributed by atoms with Gasteiger partial charge in [-0.15, -0.1) is 0 Å². The van der Waals surface area contributed by atoms with E-state index in [1.807, 2.05) is 0 Å². The molecule has 8 heteroatoms. The Balaban J connectivity index is 2.81. The van der Waals surface area contributed by atoms with Crippen molar-refractivity contribution in [1.29, 1.82) is 0 Å². The standard InChI is InChI=1S/C12H5Cl5O2S/c13-6-1-2-7(10(5-6)20(17,18)19)8-3-4-9(14)12(16)11(8)15/h1-5H. The molecule has 20 heavy (non-hydrogen) atoms. The van der Waals surface area contributed by atoms with E-state index in [1.54, 1.807) is 6.07 Å². The van der Waals surface area contributed by atoms with Crippen LogP contribution in [0, 0.1) is 0 Å².